The molecular weight excluding hydrogens is 228 g/mol. The van der Waals surface area contributed by atoms with Crippen LogP contribution in [0.1, 0.15) is 30.7 Å². The summed E-state index contributed by atoms with van der Waals surface area (Å²) in [6, 6.07) is 6.67. The Morgan fingerprint density at radius 2 is 2.17 bits per heavy atom. The van der Waals surface area contributed by atoms with Crippen LogP contribution < -0.4 is 20.5 Å². The Morgan fingerprint density at radius 3 is 2.94 bits per heavy atom. The molecule has 0 saturated carbocycles. The molecule has 1 aromatic rings. The van der Waals surface area contributed by atoms with Gasteiger partial charge in [0.25, 0.3) is 0 Å². The largest absolute Gasteiger partial charge is 0.454 e. The van der Waals surface area contributed by atoms with Gasteiger partial charge in [-0.3, -0.25) is 0 Å². The molecule has 98 valence electrons. The maximum Gasteiger partial charge on any atom is 0.231 e. The van der Waals surface area contributed by atoms with Crippen LogP contribution in [0.4, 0.5) is 0 Å². The van der Waals surface area contributed by atoms with Crippen LogP contribution in [-0.2, 0) is 0 Å². The molecule has 0 aliphatic carbocycles. The van der Waals surface area contributed by atoms with E-state index in [0.29, 0.717) is 25.3 Å². The number of hydrogen-bond acceptors (Lipinski definition) is 4. The van der Waals surface area contributed by atoms with Gasteiger partial charge in [-0.1, -0.05) is 12.5 Å². The van der Waals surface area contributed by atoms with Gasteiger partial charge in [0.15, 0.2) is 11.5 Å². The normalized spacial score (nSPS) is 23.9. The average Bonchev–Trinajstić information content (AvgIpc) is 2.88. The van der Waals surface area contributed by atoms with Gasteiger partial charge in [0.2, 0.25) is 6.79 Å². The molecule has 0 bridgehead atoms. The Balaban J connectivity index is 1.82. The quantitative estimate of drug-likeness (QED) is 0.853. The number of fused-ring (bicyclic) bond motifs is 1. The van der Waals surface area contributed by atoms with Gasteiger partial charge < -0.3 is 20.5 Å². The highest BCUT2D eigenvalue weighted by Gasteiger charge is 2.25. The molecule has 2 atom stereocenters. The van der Waals surface area contributed by atoms with Crippen LogP contribution in [0.5, 0.6) is 11.5 Å². The van der Waals surface area contributed by atoms with Gasteiger partial charge in [0.05, 0.1) is 0 Å². The third-order valence-electron chi connectivity index (χ3n) is 3.91. The van der Waals surface area contributed by atoms with Crippen molar-refractivity contribution in [3.63, 3.8) is 0 Å². The number of nitrogens with two attached hydrogens (primary N) is 1. The second-order valence-corrected chi connectivity index (χ2v) is 5.01. The molecule has 18 heavy (non-hydrogen) atoms. The summed E-state index contributed by atoms with van der Waals surface area (Å²) in [6.07, 6.45) is 3.77. The number of benzene rings is 1. The zero-order valence-electron chi connectivity index (χ0n) is 10.5. The number of hydrogen-bond donors (Lipinski definition) is 2. The van der Waals surface area contributed by atoms with E-state index in [0.717, 1.165) is 18.0 Å². The van der Waals surface area contributed by atoms with Crippen molar-refractivity contribution >= 4 is 0 Å². The summed E-state index contributed by atoms with van der Waals surface area (Å²) in [5.41, 5.74) is 7.22. The first-order chi connectivity index (χ1) is 8.88. The van der Waals surface area contributed by atoms with Crippen LogP contribution >= 0.6 is 0 Å². The summed E-state index contributed by atoms with van der Waals surface area (Å²) < 4.78 is 10.8. The molecule has 4 nitrogen and oxygen atoms in total. The Hall–Kier alpha value is -1.26. The van der Waals surface area contributed by atoms with Crippen molar-refractivity contribution in [1.82, 2.24) is 5.32 Å². The average molecular weight is 248 g/mol. The molecule has 1 fully saturated rings. The van der Waals surface area contributed by atoms with Crippen molar-refractivity contribution in [2.45, 2.75) is 31.2 Å². The van der Waals surface area contributed by atoms with Crippen LogP contribution in [0.3, 0.4) is 0 Å². The summed E-state index contributed by atoms with van der Waals surface area (Å²) in [7, 11) is 0. The molecular formula is C14H20N2O2. The van der Waals surface area contributed by atoms with Crippen molar-refractivity contribution in [2.24, 2.45) is 5.73 Å². The molecule has 0 aromatic heterocycles. The van der Waals surface area contributed by atoms with E-state index in [2.05, 4.69) is 17.4 Å². The molecule has 1 saturated heterocycles. The fraction of sp³-hybridized carbons (Fsp3) is 0.571. The first-order valence-electron chi connectivity index (χ1n) is 6.71. The van der Waals surface area contributed by atoms with E-state index in [1.165, 1.54) is 24.8 Å². The fourth-order valence-corrected chi connectivity index (χ4v) is 2.90. The monoisotopic (exact) mass is 248 g/mol. The predicted molar refractivity (Wildman–Crippen MR) is 70.0 cm³/mol. The zero-order valence-corrected chi connectivity index (χ0v) is 10.5. The second kappa shape index (κ2) is 5.16. The Kier molecular flexibility index (Phi) is 3.39. The van der Waals surface area contributed by atoms with E-state index in [-0.39, 0.29) is 0 Å². The second-order valence-electron chi connectivity index (χ2n) is 5.01. The molecule has 0 radical (unpaired) electrons. The van der Waals surface area contributed by atoms with Crippen molar-refractivity contribution in [2.75, 3.05) is 19.9 Å². The lowest BCUT2D eigenvalue weighted by Gasteiger charge is -2.31. The van der Waals surface area contributed by atoms with Gasteiger partial charge in [0.1, 0.15) is 0 Å². The topological polar surface area (TPSA) is 56.5 Å². The Morgan fingerprint density at radius 1 is 1.28 bits per heavy atom. The zero-order chi connectivity index (χ0) is 12.4. The summed E-state index contributed by atoms with van der Waals surface area (Å²) in [5.74, 6) is 2.05. The Bertz CT molecular complexity index is 416. The molecule has 3 N–H and O–H groups in total. The summed E-state index contributed by atoms with van der Waals surface area (Å²) in [5, 5.41) is 3.58. The maximum atomic E-state index is 5.97. The number of ether oxygens (including phenoxy) is 2. The van der Waals surface area contributed by atoms with Gasteiger partial charge in [-0.2, -0.15) is 0 Å². The van der Waals surface area contributed by atoms with E-state index in [4.69, 9.17) is 15.2 Å². The van der Waals surface area contributed by atoms with Crippen molar-refractivity contribution in [3.05, 3.63) is 23.8 Å². The molecule has 2 unspecified atom stereocenters. The van der Waals surface area contributed by atoms with Gasteiger partial charge in [-0.25, -0.2) is 0 Å². The van der Waals surface area contributed by atoms with Gasteiger partial charge in [0, 0.05) is 18.5 Å². The Labute approximate surface area is 107 Å². The standard InChI is InChI=1S/C14H20N2O2/c15-8-11(12-3-1-2-6-16-12)10-4-5-13-14(7-10)18-9-17-13/h4-5,7,11-12,16H,1-3,6,8-9,15H2. The lowest BCUT2D eigenvalue weighted by molar-refractivity contribution is 0.174. The van der Waals surface area contributed by atoms with Crippen molar-refractivity contribution < 1.29 is 9.47 Å². The minimum absolute atomic E-state index is 0.327. The summed E-state index contributed by atoms with van der Waals surface area (Å²) in [6.45, 7) is 2.09. The lowest BCUT2D eigenvalue weighted by Crippen LogP contribution is -2.41. The summed E-state index contributed by atoms with van der Waals surface area (Å²) >= 11 is 0. The van der Waals surface area contributed by atoms with Crippen molar-refractivity contribution in [3.8, 4) is 11.5 Å². The van der Waals surface area contributed by atoms with Gasteiger partial charge in [-0.05, 0) is 37.1 Å². The van der Waals surface area contributed by atoms with Crippen LogP contribution in [0.15, 0.2) is 18.2 Å². The minimum atomic E-state index is 0.327. The first-order valence-corrected chi connectivity index (χ1v) is 6.71. The molecule has 3 rings (SSSR count). The van der Waals surface area contributed by atoms with E-state index < -0.39 is 0 Å². The van der Waals surface area contributed by atoms with Crippen LogP contribution in [0, 0.1) is 0 Å². The van der Waals surface area contributed by atoms with Crippen LogP contribution in [-0.4, -0.2) is 25.9 Å². The molecule has 4 heteroatoms. The van der Waals surface area contributed by atoms with Crippen LogP contribution in [0.25, 0.3) is 0 Å². The van der Waals surface area contributed by atoms with Gasteiger partial charge >= 0.3 is 0 Å². The highest BCUT2D eigenvalue weighted by molar-refractivity contribution is 5.45. The lowest BCUT2D eigenvalue weighted by atomic mass is 9.86. The molecule has 1 aromatic carbocycles. The molecule has 2 aliphatic heterocycles. The van der Waals surface area contributed by atoms with E-state index >= 15 is 0 Å². The van der Waals surface area contributed by atoms with Crippen molar-refractivity contribution in [1.29, 1.82) is 0 Å². The molecule has 0 spiro atoms. The van der Waals surface area contributed by atoms with Crippen LogP contribution in [0.2, 0.25) is 0 Å². The van der Waals surface area contributed by atoms with E-state index in [9.17, 15) is 0 Å². The molecule has 2 heterocycles. The predicted octanol–water partition coefficient (Wildman–Crippen LogP) is 1.60. The first kappa shape index (κ1) is 11.8. The SMILES string of the molecule is NCC(c1ccc2c(c1)OCO2)C1CCCCN1. The smallest absolute Gasteiger partial charge is 0.231 e. The number of piperidine rings is 1. The number of rotatable bonds is 3. The highest BCUT2D eigenvalue weighted by atomic mass is 16.7. The minimum Gasteiger partial charge on any atom is -0.454 e. The molecule has 0 amide bonds. The third kappa shape index (κ3) is 2.18. The molecule has 2 aliphatic rings. The van der Waals surface area contributed by atoms with Gasteiger partial charge in [-0.15, -0.1) is 0 Å². The fourth-order valence-electron chi connectivity index (χ4n) is 2.90. The maximum absolute atomic E-state index is 5.97. The van der Waals surface area contributed by atoms with E-state index in [1.807, 2.05) is 6.07 Å². The van der Waals surface area contributed by atoms with E-state index in [1.54, 1.807) is 0 Å². The third-order valence-corrected chi connectivity index (χ3v) is 3.91. The highest BCUT2D eigenvalue weighted by Crippen LogP contribution is 2.36. The summed E-state index contributed by atoms with van der Waals surface area (Å²) in [4.78, 5) is 0. The number of nitrogens with one attached hydrogen (secondary N) is 1.